The molecule has 6 heteroatoms. The van der Waals surface area contributed by atoms with Crippen molar-refractivity contribution in [2.24, 2.45) is 5.73 Å². The summed E-state index contributed by atoms with van der Waals surface area (Å²) in [6.45, 7) is 0. The summed E-state index contributed by atoms with van der Waals surface area (Å²) >= 11 is 0. The van der Waals surface area contributed by atoms with E-state index in [4.69, 9.17) is 5.73 Å². The maximum atomic E-state index is 13.0. The Hall–Kier alpha value is -0.360. The lowest BCUT2D eigenvalue weighted by molar-refractivity contribution is -0.149. The van der Waals surface area contributed by atoms with Crippen LogP contribution in [0.5, 0.6) is 0 Å². The fourth-order valence-corrected chi connectivity index (χ4v) is 2.46. The molecule has 3 N–H and O–H groups in total. The average Bonchev–Trinajstić information content (AvgIpc) is 2.22. The molecule has 0 heterocycles. The summed E-state index contributed by atoms with van der Waals surface area (Å²) in [6, 6.07) is -1.31. The highest BCUT2D eigenvalue weighted by molar-refractivity contribution is 4.93. The van der Waals surface area contributed by atoms with Crippen LogP contribution in [0.4, 0.5) is 17.6 Å². The molecule has 1 atom stereocenters. The molecular formula is C12H21F4NO. The van der Waals surface area contributed by atoms with E-state index in [1.165, 1.54) is 0 Å². The Labute approximate surface area is 105 Å². The van der Waals surface area contributed by atoms with Gasteiger partial charge in [0.2, 0.25) is 0 Å². The molecule has 0 aromatic rings. The summed E-state index contributed by atoms with van der Waals surface area (Å²) in [5.41, 5.74) is 4.13. The van der Waals surface area contributed by atoms with Gasteiger partial charge in [-0.3, -0.25) is 0 Å². The topological polar surface area (TPSA) is 46.2 Å². The van der Waals surface area contributed by atoms with Crippen molar-refractivity contribution in [3.63, 3.8) is 0 Å². The number of nitrogens with two attached hydrogens (primary N) is 1. The van der Waals surface area contributed by atoms with Crippen molar-refractivity contribution >= 4 is 0 Å². The molecule has 0 aromatic heterocycles. The Morgan fingerprint density at radius 2 is 1.50 bits per heavy atom. The summed E-state index contributed by atoms with van der Waals surface area (Å²) in [5, 5.41) is 10.3. The quantitative estimate of drug-likeness (QED) is 0.772. The fraction of sp³-hybridized carbons (Fsp3) is 1.00. The molecule has 0 aromatic carbocycles. The monoisotopic (exact) mass is 271 g/mol. The molecule has 0 saturated heterocycles. The standard InChI is InChI=1S/C12H21F4NO/c13-10(14)12(15,16)8-9(17)11(18)6-4-2-1-3-5-7-11/h9-10,18H,1-8,17H2. The van der Waals surface area contributed by atoms with E-state index >= 15 is 0 Å². The maximum absolute atomic E-state index is 13.0. The Morgan fingerprint density at radius 1 is 1.06 bits per heavy atom. The lowest BCUT2D eigenvalue weighted by Crippen LogP contribution is -2.52. The van der Waals surface area contributed by atoms with Crippen LogP contribution in [0.1, 0.15) is 51.4 Å². The van der Waals surface area contributed by atoms with E-state index in [-0.39, 0.29) is 0 Å². The van der Waals surface area contributed by atoms with Gasteiger partial charge in [-0.1, -0.05) is 32.1 Å². The number of halogens is 4. The van der Waals surface area contributed by atoms with E-state index in [0.717, 1.165) is 19.3 Å². The van der Waals surface area contributed by atoms with E-state index in [2.05, 4.69) is 0 Å². The summed E-state index contributed by atoms with van der Waals surface area (Å²) in [7, 11) is 0. The van der Waals surface area contributed by atoms with Gasteiger partial charge in [-0.2, -0.15) is 0 Å². The van der Waals surface area contributed by atoms with E-state index in [0.29, 0.717) is 25.7 Å². The van der Waals surface area contributed by atoms with Gasteiger partial charge in [0.1, 0.15) is 0 Å². The molecule has 18 heavy (non-hydrogen) atoms. The predicted octanol–water partition coefficient (Wildman–Crippen LogP) is 3.08. The van der Waals surface area contributed by atoms with Crippen molar-refractivity contribution in [3.05, 3.63) is 0 Å². The number of alkyl halides is 4. The molecule has 1 aliphatic rings. The Bertz CT molecular complexity index is 252. The highest BCUT2D eigenvalue weighted by Crippen LogP contribution is 2.35. The van der Waals surface area contributed by atoms with E-state index in [9.17, 15) is 22.7 Å². The SMILES string of the molecule is NC(CC(F)(F)C(F)F)C1(O)CCCCCCC1. The molecule has 1 unspecified atom stereocenters. The third-order valence-electron chi connectivity index (χ3n) is 3.72. The van der Waals surface area contributed by atoms with Crippen LogP contribution in [0, 0.1) is 0 Å². The molecule has 0 radical (unpaired) electrons. The first kappa shape index (κ1) is 15.7. The zero-order valence-corrected chi connectivity index (χ0v) is 10.3. The van der Waals surface area contributed by atoms with Crippen LogP contribution in [0.15, 0.2) is 0 Å². The zero-order chi connectivity index (χ0) is 13.8. The molecular weight excluding hydrogens is 250 g/mol. The molecule has 0 spiro atoms. The summed E-state index contributed by atoms with van der Waals surface area (Å²) < 4.78 is 50.2. The van der Waals surface area contributed by atoms with Crippen molar-refractivity contribution in [2.45, 2.75) is 75.4 Å². The second kappa shape index (κ2) is 6.19. The third-order valence-corrected chi connectivity index (χ3v) is 3.72. The number of aliphatic hydroxyl groups is 1. The number of hydrogen-bond acceptors (Lipinski definition) is 2. The Balaban J connectivity index is 2.64. The average molecular weight is 271 g/mol. The van der Waals surface area contributed by atoms with Crippen LogP contribution in [-0.2, 0) is 0 Å². The van der Waals surface area contributed by atoms with Crippen molar-refractivity contribution < 1.29 is 22.7 Å². The Morgan fingerprint density at radius 3 is 1.94 bits per heavy atom. The molecule has 0 aliphatic heterocycles. The third kappa shape index (κ3) is 4.09. The van der Waals surface area contributed by atoms with Gasteiger partial charge in [0.15, 0.2) is 0 Å². The lowest BCUT2D eigenvalue weighted by atomic mass is 9.80. The highest BCUT2D eigenvalue weighted by Gasteiger charge is 2.46. The molecule has 2 nitrogen and oxygen atoms in total. The first-order valence-corrected chi connectivity index (χ1v) is 6.42. The molecule has 1 rings (SSSR count). The zero-order valence-electron chi connectivity index (χ0n) is 10.3. The van der Waals surface area contributed by atoms with Crippen LogP contribution < -0.4 is 5.73 Å². The van der Waals surface area contributed by atoms with Crippen LogP contribution in [0.3, 0.4) is 0 Å². The normalized spacial score (nSPS) is 23.5. The molecule has 1 aliphatic carbocycles. The summed E-state index contributed by atoms with van der Waals surface area (Å²) in [5.74, 6) is -4.13. The van der Waals surface area contributed by atoms with Gasteiger partial charge in [-0.25, -0.2) is 17.6 Å². The summed E-state index contributed by atoms with van der Waals surface area (Å²) in [6.07, 6.45) is 0.0107. The van der Waals surface area contributed by atoms with Gasteiger partial charge < -0.3 is 10.8 Å². The fourth-order valence-electron chi connectivity index (χ4n) is 2.46. The number of rotatable bonds is 4. The molecule has 0 amide bonds. The molecule has 1 saturated carbocycles. The minimum atomic E-state index is -4.13. The lowest BCUT2D eigenvalue weighted by Gasteiger charge is -2.37. The number of hydrogen-bond donors (Lipinski definition) is 2. The van der Waals surface area contributed by atoms with Gasteiger partial charge >= 0.3 is 12.3 Å². The van der Waals surface area contributed by atoms with Crippen molar-refractivity contribution in [1.29, 1.82) is 0 Å². The van der Waals surface area contributed by atoms with Crippen LogP contribution >= 0.6 is 0 Å². The van der Waals surface area contributed by atoms with Crippen LogP contribution in [0.25, 0.3) is 0 Å². The van der Waals surface area contributed by atoms with Crippen molar-refractivity contribution in [2.75, 3.05) is 0 Å². The van der Waals surface area contributed by atoms with Crippen molar-refractivity contribution in [3.8, 4) is 0 Å². The van der Waals surface area contributed by atoms with Gasteiger partial charge in [-0.05, 0) is 12.8 Å². The van der Waals surface area contributed by atoms with Crippen LogP contribution in [-0.4, -0.2) is 29.1 Å². The van der Waals surface area contributed by atoms with E-state index < -0.39 is 30.4 Å². The van der Waals surface area contributed by atoms with Gasteiger partial charge in [-0.15, -0.1) is 0 Å². The van der Waals surface area contributed by atoms with Gasteiger partial charge in [0.05, 0.1) is 5.60 Å². The van der Waals surface area contributed by atoms with E-state index in [1.54, 1.807) is 0 Å². The van der Waals surface area contributed by atoms with Gasteiger partial charge in [0, 0.05) is 12.5 Å². The molecule has 0 bridgehead atoms. The minimum absolute atomic E-state index is 0.313. The first-order valence-electron chi connectivity index (χ1n) is 6.42. The second-order valence-corrected chi connectivity index (χ2v) is 5.24. The predicted molar refractivity (Wildman–Crippen MR) is 60.8 cm³/mol. The highest BCUT2D eigenvalue weighted by atomic mass is 19.3. The smallest absolute Gasteiger partial charge is 0.309 e. The maximum Gasteiger partial charge on any atom is 0.309 e. The molecule has 108 valence electrons. The minimum Gasteiger partial charge on any atom is -0.388 e. The second-order valence-electron chi connectivity index (χ2n) is 5.24. The first-order chi connectivity index (χ1) is 8.28. The molecule has 1 fully saturated rings. The largest absolute Gasteiger partial charge is 0.388 e. The van der Waals surface area contributed by atoms with E-state index in [1.807, 2.05) is 0 Å². The van der Waals surface area contributed by atoms with Gasteiger partial charge in [0.25, 0.3) is 0 Å². The summed E-state index contributed by atoms with van der Waals surface area (Å²) in [4.78, 5) is 0. The Kier molecular flexibility index (Phi) is 5.40. The van der Waals surface area contributed by atoms with Crippen molar-refractivity contribution in [1.82, 2.24) is 0 Å². The van der Waals surface area contributed by atoms with Crippen LogP contribution in [0.2, 0.25) is 0 Å².